The summed E-state index contributed by atoms with van der Waals surface area (Å²) in [5, 5.41) is 23.8. The van der Waals surface area contributed by atoms with Crippen molar-refractivity contribution >= 4 is 27.7 Å². The van der Waals surface area contributed by atoms with Crippen LogP contribution in [-0.4, -0.2) is 25.8 Å². The van der Waals surface area contributed by atoms with E-state index in [-0.39, 0.29) is 16.8 Å². The Balaban J connectivity index is 2.28. The van der Waals surface area contributed by atoms with Crippen molar-refractivity contribution < 1.29 is 14.8 Å². The fraction of sp³-hybridized carbons (Fsp3) is 0.167. The molecule has 0 radical (unpaired) electrons. The van der Waals surface area contributed by atoms with Crippen molar-refractivity contribution in [2.75, 3.05) is 0 Å². The van der Waals surface area contributed by atoms with Gasteiger partial charge in [0.25, 0.3) is 0 Å². The predicted molar refractivity (Wildman–Crippen MR) is 73.4 cm³/mol. The first-order valence-corrected chi connectivity index (χ1v) is 6.43. The summed E-state index contributed by atoms with van der Waals surface area (Å²) in [4.78, 5) is 21.4. The molecule has 1 heterocycles. The number of nitro groups is 1. The second-order valence-electron chi connectivity index (χ2n) is 4.08. The van der Waals surface area contributed by atoms with Crippen molar-refractivity contribution in [1.82, 2.24) is 9.78 Å². The van der Waals surface area contributed by atoms with Gasteiger partial charge in [-0.05, 0) is 26.4 Å². The van der Waals surface area contributed by atoms with E-state index in [9.17, 15) is 20.0 Å². The maximum atomic E-state index is 11.3. The highest BCUT2D eigenvalue weighted by atomic mass is 79.9. The zero-order valence-electron chi connectivity index (χ0n) is 10.1. The Morgan fingerprint density at radius 2 is 2.10 bits per heavy atom. The van der Waals surface area contributed by atoms with E-state index < -0.39 is 16.8 Å². The van der Waals surface area contributed by atoms with Gasteiger partial charge in [0.2, 0.25) is 0 Å². The average Bonchev–Trinajstić information content (AvgIpc) is 2.78. The third kappa shape index (κ3) is 3.02. The van der Waals surface area contributed by atoms with Crippen LogP contribution in [-0.2, 0) is 11.3 Å². The number of aliphatic carboxylic acids is 1. The molecule has 0 saturated heterocycles. The standard InChI is InChI=1S/C12H10BrN3O4/c13-10-7-15(14-11(10)16(19)20)6-9(12(17)18)8-4-2-1-3-5-8/h1-5,7,9H,6H2,(H,17,18). The number of carboxylic acids is 1. The number of carbonyl (C=O) groups is 1. The number of nitrogens with zero attached hydrogens (tertiary/aromatic N) is 3. The lowest BCUT2D eigenvalue weighted by Crippen LogP contribution is -2.18. The fourth-order valence-electron chi connectivity index (χ4n) is 1.80. The normalized spacial score (nSPS) is 12.1. The molecule has 1 aromatic heterocycles. The van der Waals surface area contributed by atoms with E-state index in [2.05, 4.69) is 21.0 Å². The number of hydrogen-bond acceptors (Lipinski definition) is 4. The molecule has 2 aromatic rings. The lowest BCUT2D eigenvalue weighted by atomic mass is 9.99. The average molecular weight is 340 g/mol. The summed E-state index contributed by atoms with van der Waals surface area (Å²) in [5.41, 5.74) is 0.620. The molecule has 0 amide bonds. The maximum absolute atomic E-state index is 11.3. The molecule has 1 atom stereocenters. The van der Waals surface area contributed by atoms with Gasteiger partial charge in [0, 0.05) is 0 Å². The van der Waals surface area contributed by atoms with Gasteiger partial charge in [0.05, 0.1) is 17.8 Å². The van der Waals surface area contributed by atoms with E-state index >= 15 is 0 Å². The van der Waals surface area contributed by atoms with Gasteiger partial charge in [0.15, 0.2) is 0 Å². The zero-order valence-corrected chi connectivity index (χ0v) is 11.7. The summed E-state index contributed by atoms with van der Waals surface area (Å²) in [7, 11) is 0. The van der Waals surface area contributed by atoms with Crippen molar-refractivity contribution in [3.8, 4) is 0 Å². The van der Waals surface area contributed by atoms with Crippen LogP contribution in [0.15, 0.2) is 41.0 Å². The summed E-state index contributed by atoms with van der Waals surface area (Å²) in [6.45, 7) is 0.0196. The summed E-state index contributed by atoms with van der Waals surface area (Å²) >= 11 is 3.03. The third-order valence-corrected chi connectivity index (χ3v) is 3.30. The van der Waals surface area contributed by atoms with Crippen molar-refractivity contribution in [3.05, 3.63) is 56.7 Å². The van der Waals surface area contributed by atoms with Gasteiger partial charge in [-0.3, -0.25) is 4.79 Å². The minimum atomic E-state index is -1.01. The molecular formula is C12H10BrN3O4. The number of rotatable bonds is 5. The number of hydrogen-bond donors (Lipinski definition) is 1. The van der Waals surface area contributed by atoms with Crippen molar-refractivity contribution in [1.29, 1.82) is 0 Å². The molecule has 20 heavy (non-hydrogen) atoms. The van der Waals surface area contributed by atoms with Gasteiger partial charge in [-0.25, -0.2) is 0 Å². The molecule has 7 nitrogen and oxygen atoms in total. The summed E-state index contributed by atoms with van der Waals surface area (Å²) in [5.74, 6) is -2.16. The van der Waals surface area contributed by atoms with Crippen LogP contribution < -0.4 is 0 Å². The molecular weight excluding hydrogens is 330 g/mol. The van der Waals surface area contributed by atoms with Crippen molar-refractivity contribution in [2.45, 2.75) is 12.5 Å². The van der Waals surface area contributed by atoms with Gasteiger partial charge >= 0.3 is 11.8 Å². The first-order valence-electron chi connectivity index (χ1n) is 5.64. The van der Waals surface area contributed by atoms with Crippen LogP contribution in [0.4, 0.5) is 5.82 Å². The van der Waals surface area contributed by atoms with Gasteiger partial charge < -0.3 is 15.2 Å². The van der Waals surface area contributed by atoms with E-state index in [1.54, 1.807) is 30.3 Å². The van der Waals surface area contributed by atoms with E-state index in [1.807, 2.05) is 0 Å². The molecule has 0 aliphatic heterocycles. The Bertz CT molecular complexity index is 641. The Hall–Kier alpha value is -2.22. The molecule has 0 fully saturated rings. The van der Waals surface area contributed by atoms with Gasteiger partial charge in [-0.1, -0.05) is 30.3 Å². The highest BCUT2D eigenvalue weighted by Gasteiger charge is 2.25. The van der Waals surface area contributed by atoms with E-state index in [0.29, 0.717) is 5.56 Å². The summed E-state index contributed by atoms with van der Waals surface area (Å²) in [6.07, 6.45) is 1.40. The second kappa shape index (κ2) is 5.83. The molecule has 1 aromatic carbocycles. The van der Waals surface area contributed by atoms with Crippen molar-refractivity contribution in [2.24, 2.45) is 0 Å². The van der Waals surface area contributed by atoms with Gasteiger partial charge in [-0.2, -0.15) is 4.68 Å². The van der Waals surface area contributed by atoms with E-state index in [1.165, 1.54) is 10.9 Å². The number of halogens is 1. The molecule has 0 aliphatic carbocycles. The Morgan fingerprint density at radius 1 is 1.45 bits per heavy atom. The van der Waals surface area contributed by atoms with Crippen LogP contribution in [0.1, 0.15) is 11.5 Å². The largest absolute Gasteiger partial charge is 0.481 e. The Morgan fingerprint density at radius 3 is 2.60 bits per heavy atom. The molecule has 1 unspecified atom stereocenters. The molecule has 1 N–H and O–H groups in total. The number of carboxylic acid groups (broad SMARTS) is 1. The van der Waals surface area contributed by atoms with Gasteiger partial charge in [-0.15, -0.1) is 0 Å². The van der Waals surface area contributed by atoms with Crippen LogP contribution in [0.3, 0.4) is 0 Å². The lowest BCUT2D eigenvalue weighted by molar-refractivity contribution is -0.390. The van der Waals surface area contributed by atoms with Crippen LogP contribution in [0.25, 0.3) is 0 Å². The molecule has 104 valence electrons. The van der Waals surface area contributed by atoms with Crippen LogP contribution in [0, 0.1) is 10.1 Å². The SMILES string of the molecule is O=C(O)C(Cn1cc(Br)c([N+](=O)[O-])n1)c1ccccc1. The molecule has 8 heteroatoms. The Kier molecular flexibility index (Phi) is 4.14. The van der Waals surface area contributed by atoms with Crippen LogP contribution >= 0.6 is 15.9 Å². The van der Waals surface area contributed by atoms with Gasteiger partial charge in [0.1, 0.15) is 10.4 Å². The smallest absolute Gasteiger partial charge is 0.404 e. The second-order valence-corrected chi connectivity index (χ2v) is 4.94. The number of aromatic nitrogens is 2. The summed E-state index contributed by atoms with van der Waals surface area (Å²) in [6, 6.07) is 8.68. The topological polar surface area (TPSA) is 98.3 Å². The molecule has 0 spiro atoms. The lowest BCUT2D eigenvalue weighted by Gasteiger charge is -2.10. The highest BCUT2D eigenvalue weighted by molar-refractivity contribution is 9.10. The van der Waals surface area contributed by atoms with E-state index in [0.717, 1.165) is 0 Å². The molecule has 0 aliphatic rings. The quantitative estimate of drug-likeness (QED) is 0.666. The molecule has 0 bridgehead atoms. The minimum Gasteiger partial charge on any atom is -0.481 e. The van der Waals surface area contributed by atoms with E-state index in [4.69, 9.17) is 0 Å². The molecule has 2 rings (SSSR count). The maximum Gasteiger partial charge on any atom is 0.404 e. The fourth-order valence-corrected chi connectivity index (χ4v) is 2.26. The third-order valence-electron chi connectivity index (χ3n) is 2.74. The van der Waals surface area contributed by atoms with Crippen molar-refractivity contribution in [3.63, 3.8) is 0 Å². The predicted octanol–water partition coefficient (Wildman–Crippen LogP) is 2.42. The van der Waals surface area contributed by atoms with Crippen LogP contribution in [0.5, 0.6) is 0 Å². The monoisotopic (exact) mass is 339 g/mol. The minimum absolute atomic E-state index is 0.0196. The Labute approximate surface area is 122 Å². The highest BCUT2D eigenvalue weighted by Crippen LogP contribution is 2.24. The first kappa shape index (κ1) is 14.2. The van der Waals surface area contributed by atoms with Crippen LogP contribution in [0.2, 0.25) is 0 Å². The first-order chi connectivity index (χ1) is 9.49. The summed E-state index contributed by atoms with van der Waals surface area (Å²) < 4.78 is 1.48. The molecule has 0 saturated carbocycles. The number of benzene rings is 1. The zero-order chi connectivity index (χ0) is 14.7.